The van der Waals surface area contributed by atoms with Crippen LogP contribution in [0.2, 0.25) is 0 Å². The zero-order valence-electron chi connectivity index (χ0n) is 19.1. The van der Waals surface area contributed by atoms with Crippen LogP contribution in [0, 0.1) is 0 Å². The van der Waals surface area contributed by atoms with Crippen LogP contribution < -0.4 is 8.79 Å². The Hall–Kier alpha value is -3.62. The fourth-order valence-corrected chi connectivity index (χ4v) is 16.7. The molecule has 0 aromatic heterocycles. The van der Waals surface area contributed by atoms with Gasteiger partial charge in [0.1, 0.15) is 0 Å². The Labute approximate surface area is 204 Å². The van der Waals surface area contributed by atoms with E-state index >= 15 is 0 Å². The minimum absolute atomic E-state index is 1.10. The zero-order valence-corrected chi connectivity index (χ0v) is 21.2. The predicted octanol–water partition coefficient (Wildman–Crippen LogP) is 6.54. The summed E-state index contributed by atoms with van der Waals surface area (Å²) in [5.41, 5.74) is 6.90. The van der Waals surface area contributed by atoms with E-state index in [9.17, 15) is 0 Å². The maximum absolute atomic E-state index is 3.16. The second-order valence-electron chi connectivity index (χ2n) is 8.95. The van der Waals surface area contributed by atoms with Crippen LogP contribution in [0.4, 0.5) is 0 Å². The van der Waals surface area contributed by atoms with Gasteiger partial charge in [-0.05, 0) is 0 Å². The minimum atomic E-state index is -3.16. The van der Waals surface area contributed by atoms with Crippen LogP contribution in [0.3, 0.4) is 0 Å². The van der Waals surface area contributed by atoms with Crippen molar-refractivity contribution in [2.75, 3.05) is 0 Å². The quantitative estimate of drug-likeness (QED) is 0.249. The van der Waals surface area contributed by atoms with Crippen LogP contribution >= 0.6 is 0 Å². The number of fused-ring (bicyclic) bond motifs is 1. The van der Waals surface area contributed by atoms with Gasteiger partial charge >= 0.3 is 205 Å². The Bertz CT molecular complexity index is 1400. The average molecular weight is 495 g/mol. The summed E-state index contributed by atoms with van der Waals surface area (Å²) in [6.45, 7) is 0. The van der Waals surface area contributed by atoms with Crippen LogP contribution in [0.1, 0.15) is 22.3 Å². The van der Waals surface area contributed by atoms with Gasteiger partial charge in [0.2, 0.25) is 0 Å². The van der Waals surface area contributed by atoms with E-state index in [2.05, 4.69) is 146 Å². The van der Waals surface area contributed by atoms with Crippen molar-refractivity contribution in [3.63, 3.8) is 0 Å². The maximum atomic E-state index is 2.38. The van der Waals surface area contributed by atoms with Crippen LogP contribution in [-0.4, -0.2) is 13.3 Å². The van der Waals surface area contributed by atoms with Crippen molar-refractivity contribution in [2.24, 2.45) is 0 Å². The molecule has 0 nitrogen and oxygen atoms in total. The third-order valence-electron chi connectivity index (χ3n) is 7.08. The van der Waals surface area contributed by atoms with E-state index in [1.54, 1.807) is 4.41 Å². The molecule has 0 amide bonds. The number of benzene rings is 5. The van der Waals surface area contributed by atoms with E-state index in [0.717, 1.165) is 5.25 Å². The Morgan fingerprint density at radius 3 is 1.41 bits per heavy atom. The molecule has 6 rings (SSSR count). The normalized spacial score (nSPS) is 14.5. The molecule has 0 saturated heterocycles. The van der Waals surface area contributed by atoms with Crippen molar-refractivity contribution < 1.29 is 0 Å². The van der Waals surface area contributed by atoms with Gasteiger partial charge in [0.25, 0.3) is 0 Å². The first-order valence-corrected chi connectivity index (χ1v) is 16.6. The molecule has 0 atom stereocenters. The van der Waals surface area contributed by atoms with E-state index in [-0.39, 0.29) is 0 Å². The van der Waals surface area contributed by atoms with Gasteiger partial charge in [-0.1, -0.05) is 0 Å². The zero-order chi connectivity index (χ0) is 22.8. The molecule has 34 heavy (non-hydrogen) atoms. The van der Waals surface area contributed by atoms with Gasteiger partial charge in [0, 0.05) is 0 Å². The summed E-state index contributed by atoms with van der Waals surface area (Å²) in [5.74, 6) is 0. The topological polar surface area (TPSA) is 0 Å². The van der Waals surface area contributed by atoms with E-state index in [1.807, 2.05) is 0 Å². The number of hydrogen-bond acceptors (Lipinski definition) is 0. The Kier molecular flexibility index (Phi) is 5.52. The number of hydrogen-bond donors (Lipinski definition) is 0. The van der Waals surface area contributed by atoms with Gasteiger partial charge in [0.05, 0.1) is 0 Å². The van der Waals surface area contributed by atoms with Gasteiger partial charge in [-0.25, -0.2) is 0 Å². The third-order valence-corrected chi connectivity index (χ3v) is 17.4. The van der Waals surface area contributed by atoms with Crippen LogP contribution in [0.5, 0.6) is 0 Å². The Balaban J connectivity index is 1.83. The van der Waals surface area contributed by atoms with E-state index in [0.29, 0.717) is 0 Å². The fourth-order valence-electron chi connectivity index (χ4n) is 5.65. The van der Waals surface area contributed by atoms with Crippen molar-refractivity contribution in [2.45, 2.75) is 5.25 Å². The first-order chi connectivity index (χ1) is 16.9. The van der Waals surface area contributed by atoms with Gasteiger partial charge in [-0.3, -0.25) is 0 Å². The van der Waals surface area contributed by atoms with Gasteiger partial charge in [-0.15, -0.1) is 0 Å². The molecule has 0 fully saturated rings. The van der Waals surface area contributed by atoms with Crippen LogP contribution in [-0.2, 0) is 5.25 Å². The molecule has 1 heterocycles. The summed E-state index contributed by atoms with van der Waals surface area (Å²) in [6, 6.07) is 53.9. The fraction of sp³-hybridized carbons (Fsp3) is 0.0303. The molecule has 1 aliphatic heterocycles. The molecule has 0 bridgehead atoms. The van der Waals surface area contributed by atoms with E-state index in [1.165, 1.54) is 36.6 Å². The standard InChI is InChI=1S/C33H26Ge/c1-5-15-26(16-6-1)32-31-24-14-13-19-28(31)25-34(29-20-9-3-10-21-29,30-22-11-4-12-23-30)33(32)27-17-7-2-8-18-27/h1-24H,25H2. The molecular formula is C33H26Ge. The SMILES string of the molecule is c1ccc(C2=[C](c3ccccc3)[Ge]([c]3ccccc3)([c]3ccccc3)[CH2]c3ccccc32)cc1. The predicted molar refractivity (Wildman–Crippen MR) is 147 cm³/mol. The first kappa shape index (κ1) is 21.0. The van der Waals surface area contributed by atoms with Crippen molar-refractivity contribution >= 4 is 32.0 Å². The van der Waals surface area contributed by atoms with Crippen molar-refractivity contribution in [3.8, 4) is 0 Å². The number of rotatable bonds is 4. The molecule has 0 radical (unpaired) electrons. The molecule has 1 aliphatic rings. The van der Waals surface area contributed by atoms with E-state index in [4.69, 9.17) is 0 Å². The van der Waals surface area contributed by atoms with Gasteiger partial charge in [0.15, 0.2) is 0 Å². The summed E-state index contributed by atoms with van der Waals surface area (Å²) < 4.78 is 4.58. The summed E-state index contributed by atoms with van der Waals surface area (Å²) >= 11 is -3.16. The summed E-state index contributed by atoms with van der Waals surface area (Å²) in [4.78, 5) is 0. The molecule has 0 N–H and O–H groups in total. The molecular weight excluding hydrogens is 469 g/mol. The molecule has 0 saturated carbocycles. The van der Waals surface area contributed by atoms with E-state index < -0.39 is 13.3 Å². The summed E-state index contributed by atoms with van der Waals surface area (Å²) in [5, 5.41) is 1.10. The second-order valence-corrected chi connectivity index (χ2v) is 17.0. The Morgan fingerprint density at radius 2 is 0.853 bits per heavy atom. The third kappa shape index (κ3) is 3.46. The monoisotopic (exact) mass is 496 g/mol. The van der Waals surface area contributed by atoms with Crippen LogP contribution in [0.15, 0.2) is 146 Å². The van der Waals surface area contributed by atoms with Crippen molar-refractivity contribution in [1.82, 2.24) is 0 Å². The molecule has 1 heteroatoms. The average Bonchev–Trinajstić information content (AvgIpc) is 2.94. The van der Waals surface area contributed by atoms with Crippen molar-refractivity contribution in [1.29, 1.82) is 0 Å². The molecule has 5 aromatic rings. The Morgan fingerprint density at radius 1 is 0.412 bits per heavy atom. The molecule has 0 aliphatic carbocycles. The van der Waals surface area contributed by atoms with Gasteiger partial charge < -0.3 is 0 Å². The summed E-state index contributed by atoms with van der Waals surface area (Å²) in [7, 11) is 0. The van der Waals surface area contributed by atoms with Crippen LogP contribution in [0.25, 0.3) is 9.98 Å². The van der Waals surface area contributed by atoms with Gasteiger partial charge in [-0.2, -0.15) is 0 Å². The first-order valence-electron chi connectivity index (χ1n) is 11.9. The summed E-state index contributed by atoms with van der Waals surface area (Å²) in [6.07, 6.45) is 0. The molecule has 0 unspecified atom stereocenters. The molecule has 5 aromatic carbocycles. The second kappa shape index (κ2) is 8.97. The van der Waals surface area contributed by atoms with Crippen molar-refractivity contribution in [3.05, 3.63) is 168 Å². The molecule has 162 valence electrons. The molecule has 0 spiro atoms.